The number of rotatable bonds is 0. The minimum Gasteiger partial charge on any atom is -0.384 e. The summed E-state index contributed by atoms with van der Waals surface area (Å²) < 4.78 is 0. The zero-order valence-corrected chi connectivity index (χ0v) is 11.3. The molecular formula is C17H14N4. The van der Waals surface area contributed by atoms with Crippen molar-refractivity contribution < 1.29 is 0 Å². The molecule has 21 heavy (non-hydrogen) atoms. The Morgan fingerprint density at radius 3 is 2.24 bits per heavy atom. The van der Waals surface area contributed by atoms with Gasteiger partial charge in [0, 0.05) is 17.0 Å². The lowest BCUT2D eigenvalue weighted by Gasteiger charge is -1.95. The maximum Gasteiger partial charge on any atom is 0.124 e. The summed E-state index contributed by atoms with van der Waals surface area (Å²) in [6.45, 7) is 0. The van der Waals surface area contributed by atoms with E-state index in [2.05, 4.69) is 15.0 Å². The van der Waals surface area contributed by atoms with Crippen LogP contribution in [0.25, 0.3) is 21.8 Å². The van der Waals surface area contributed by atoms with Gasteiger partial charge in [-0.15, -0.1) is 0 Å². The van der Waals surface area contributed by atoms with E-state index in [4.69, 9.17) is 5.73 Å². The van der Waals surface area contributed by atoms with Gasteiger partial charge in [0.1, 0.15) is 12.1 Å². The predicted octanol–water partition coefficient (Wildman–Crippen LogP) is 3.45. The second-order valence-corrected chi connectivity index (χ2v) is 4.51. The Morgan fingerprint density at radius 2 is 1.43 bits per heavy atom. The molecule has 0 bridgehead atoms. The lowest BCUT2D eigenvalue weighted by Crippen LogP contribution is -1.88. The van der Waals surface area contributed by atoms with Crippen molar-refractivity contribution in [2.24, 2.45) is 0 Å². The number of nitrogens with zero attached hydrogens (tertiary/aromatic N) is 3. The first kappa shape index (κ1) is 13.0. The minimum atomic E-state index is 0.573. The maximum atomic E-state index is 5.51. The summed E-state index contributed by atoms with van der Waals surface area (Å²) in [5.74, 6) is 0.573. The van der Waals surface area contributed by atoms with Crippen LogP contribution in [0.3, 0.4) is 0 Å². The fourth-order valence-corrected chi connectivity index (χ4v) is 2.01. The first-order valence-corrected chi connectivity index (χ1v) is 6.59. The summed E-state index contributed by atoms with van der Waals surface area (Å²) in [6.07, 6.45) is 3.37. The summed E-state index contributed by atoms with van der Waals surface area (Å²) in [5.41, 5.74) is 7.46. The molecule has 4 nitrogen and oxygen atoms in total. The molecule has 2 aromatic heterocycles. The molecule has 2 aromatic carbocycles. The van der Waals surface area contributed by atoms with Crippen molar-refractivity contribution in [1.82, 2.24) is 15.0 Å². The van der Waals surface area contributed by atoms with E-state index in [1.54, 1.807) is 6.33 Å². The molecule has 2 N–H and O–H groups in total. The molecule has 0 saturated carbocycles. The third-order valence-electron chi connectivity index (χ3n) is 3.03. The van der Waals surface area contributed by atoms with Gasteiger partial charge in [-0.2, -0.15) is 0 Å². The van der Waals surface area contributed by atoms with Crippen molar-refractivity contribution in [3.8, 4) is 0 Å². The van der Waals surface area contributed by atoms with Crippen LogP contribution in [-0.4, -0.2) is 15.0 Å². The number of nitrogens with two attached hydrogens (primary N) is 1. The van der Waals surface area contributed by atoms with Gasteiger partial charge >= 0.3 is 0 Å². The molecule has 102 valence electrons. The van der Waals surface area contributed by atoms with Crippen LogP contribution in [0.1, 0.15) is 0 Å². The van der Waals surface area contributed by atoms with Gasteiger partial charge in [-0.25, -0.2) is 15.0 Å². The monoisotopic (exact) mass is 274 g/mol. The van der Waals surface area contributed by atoms with Crippen LogP contribution < -0.4 is 5.73 Å². The van der Waals surface area contributed by atoms with Crippen molar-refractivity contribution in [1.29, 1.82) is 0 Å². The van der Waals surface area contributed by atoms with Crippen LogP contribution in [0, 0.1) is 0 Å². The number of hydrogen-bond donors (Lipinski definition) is 1. The van der Waals surface area contributed by atoms with E-state index in [1.807, 2.05) is 66.9 Å². The van der Waals surface area contributed by atoms with Crippen LogP contribution in [0.15, 0.2) is 73.2 Å². The number of hydrogen-bond acceptors (Lipinski definition) is 4. The highest BCUT2D eigenvalue weighted by Crippen LogP contribution is 2.11. The molecule has 0 aliphatic heterocycles. The molecule has 4 aromatic rings. The summed E-state index contributed by atoms with van der Waals surface area (Å²) in [5, 5.41) is 2.21. The SMILES string of the molecule is Nc1ccc2ccccc2n1.c1ccc2ncncc2c1. The number of benzene rings is 2. The average Bonchev–Trinajstić information content (AvgIpc) is 2.55. The first-order valence-electron chi connectivity index (χ1n) is 6.59. The minimum absolute atomic E-state index is 0.573. The summed E-state index contributed by atoms with van der Waals surface area (Å²) in [6, 6.07) is 19.6. The highest BCUT2D eigenvalue weighted by atomic mass is 14.8. The molecule has 0 aliphatic carbocycles. The fourth-order valence-electron chi connectivity index (χ4n) is 2.01. The van der Waals surface area contributed by atoms with Crippen molar-refractivity contribution in [2.45, 2.75) is 0 Å². The van der Waals surface area contributed by atoms with Gasteiger partial charge in [0.2, 0.25) is 0 Å². The van der Waals surface area contributed by atoms with Crippen molar-refractivity contribution in [3.05, 3.63) is 73.2 Å². The van der Waals surface area contributed by atoms with Crippen LogP contribution in [0.5, 0.6) is 0 Å². The third-order valence-corrected chi connectivity index (χ3v) is 3.03. The van der Waals surface area contributed by atoms with E-state index in [0.29, 0.717) is 5.82 Å². The fraction of sp³-hybridized carbons (Fsp3) is 0. The topological polar surface area (TPSA) is 64.7 Å². The quantitative estimate of drug-likeness (QED) is 0.533. The smallest absolute Gasteiger partial charge is 0.124 e. The van der Waals surface area contributed by atoms with E-state index in [-0.39, 0.29) is 0 Å². The Labute approximate surface area is 122 Å². The van der Waals surface area contributed by atoms with Gasteiger partial charge in [0.15, 0.2) is 0 Å². The number of fused-ring (bicyclic) bond motifs is 2. The standard InChI is InChI=1S/C9H8N2.C8H6N2/c10-9-6-5-7-3-1-2-4-8(7)11-9;1-2-4-8-7(3-1)5-9-6-10-8/h1-6H,(H2,10,11);1-6H. The molecule has 4 heteroatoms. The van der Waals surface area contributed by atoms with E-state index >= 15 is 0 Å². The molecule has 0 spiro atoms. The van der Waals surface area contributed by atoms with E-state index < -0.39 is 0 Å². The second kappa shape index (κ2) is 5.96. The number of anilines is 1. The highest BCUT2D eigenvalue weighted by molar-refractivity contribution is 5.79. The molecule has 0 saturated heterocycles. The number of para-hydroxylation sites is 2. The molecule has 0 fully saturated rings. The van der Waals surface area contributed by atoms with Crippen molar-refractivity contribution in [3.63, 3.8) is 0 Å². The zero-order chi connectivity index (χ0) is 14.5. The second-order valence-electron chi connectivity index (χ2n) is 4.51. The molecule has 2 heterocycles. The molecule has 0 aliphatic rings. The Hall–Kier alpha value is -3.01. The Bertz CT molecular complexity index is 809. The maximum absolute atomic E-state index is 5.51. The molecule has 0 atom stereocenters. The van der Waals surface area contributed by atoms with E-state index in [1.165, 1.54) is 0 Å². The predicted molar refractivity (Wildman–Crippen MR) is 85.7 cm³/mol. The van der Waals surface area contributed by atoms with Crippen molar-refractivity contribution in [2.75, 3.05) is 5.73 Å². The number of aromatic nitrogens is 3. The van der Waals surface area contributed by atoms with E-state index in [0.717, 1.165) is 21.8 Å². The lowest BCUT2D eigenvalue weighted by molar-refractivity contribution is 1.22. The summed E-state index contributed by atoms with van der Waals surface area (Å²) in [4.78, 5) is 12.1. The van der Waals surface area contributed by atoms with Gasteiger partial charge < -0.3 is 5.73 Å². The van der Waals surface area contributed by atoms with E-state index in [9.17, 15) is 0 Å². The van der Waals surface area contributed by atoms with Gasteiger partial charge in [0.05, 0.1) is 11.0 Å². The lowest BCUT2D eigenvalue weighted by atomic mass is 10.2. The Morgan fingerprint density at radius 1 is 0.714 bits per heavy atom. The largest absolute Gasteiger partial charge is 0.384 e. The number of nitrogen functional groups attached to an aromatic ring is 1. The molecule has 0 radical (unpaired) electrons. The van der Waals surface area contributed by atoms with Crippen molar-refractivity contribution >= 4 is 27.6 Å². The average molecular weight is 274 g/mol. The summed E-state index contributed by atoms with van der Waals surface area (Å²) >= 11 is 0. The zero-order valence-electron chi connectivity index (χ0n) is 11.3. The Kier molecular flexibility index (Phi) is 3.69. The van der Waals surface area contributed by atoms with Gasteiger partial charge in [-0.1, -0.05) is 36.4 Å². The molecular weight excluding hydrogens is 260 g/mol. The normalized spacial score (nSPS) is 10.1. The highest BCUT2D eigenvalue weighted by Gasteiger charge is 1.91. The van der Waals surface area contributed by atoms with Gasteiger partial charge in [-0.3, -0.25) is 0 Å². The molecule has 0 unspecified atom stereocenters. The van der Waals surface area contributed by atoms with Crippen LogP contribution in [0.4, 0.5) is 5.82 Å². The van der Waals surface area contributed by atoms with Gasteiger partial charge in [0.25, 0.3) is 0 Å². The summed E-state index contributed by atoms with van der Waals surface area (Å²) in [7, 11) is 0. The van der Waals surface area contributed by atoms with Crippen LogP contribution >= 0.6 is 0 Å². The van der Waals surface area contributed by atoms with Gasteiger partial charge in [-0.05, 0) is 24.3 Å². The molecule has 0 amide bonds. The number of pyridine rings is 1. The van der Waals surface area contributed by atoms with Crippen LogP contribution in [-0.2, 0) is 0 Å². The molecule has 4 rings (SSSR count). The Balaban J connectivity index is 0.000000126. The van der Waals surface area contributed by atoms with Crippen LogP contribution in [0.2, 0.25) is 0 Å². The first-order chi connectivity index (χ1) is 10.3. The third kappa shape index (κ3) is 3.12.